The molecule has 2 aromatic carbocycles. The lowest BCUT2D eigenvalue weighted by Crippen LogP contribution is -2.41. The van der Waals surface area contributed by atoms with Gasteiger partial charge in [0.05, 0.1) is 0 Å². The summed E-state index contributed by atoms with van der Waals surface area (Å²) in [4.78, 5) is 35.4. The Kier molecular flexibility index (Phi) is 8.46. The molecule has 0 saturated carbocycles. The summed E-state index contributed by atoms with van der Waals surface area (Å²) in [6.45, 7) is 4.47. The van der Waals surface area contributed by atoms with Gasteiger partial charge in [-0.15, -0.1) is 0 Å². The average molecular weight is 453 g/mol. The Morgan fingerprint density at radius 3 is 2.15 bits per heavy atom. The van der Waals surface area contributed by atoms with Gasteiger partial charge in [-0.1, -0.05) is 62.4 Å². The first-order valence-corrected chi connectivity index (χ1v) is 11.5. The minimum absolute atomic E-state index is 0.0138. The van der Waals surface area contributed by atoms with Gasteiger partial charge in [0.1, 0.15) is 12.6 Å². The van der Waals surface area contributed by atoms with E-state index in [0.29, 0.717) is 25.8 Å². The third-order valence-corrected chi connectivity index (χ3v) is 5.78. The van der Waals surface area contributed by atoms with E-state index < -0.39 is 18.1 Å². The molecule has 176 valence electrons. The second-order valence-corrected chi connectivity index (χ2v) is 8.80. The Balaban J connectivity index is 1.37. The molecule has 7 nitrogen and oxygen atoms in total. The number of hydrogen-bond acceptors (Lipinski definition) is 4. The molecule has 2 aromatic rings. The fourth-order valence-corrected chi connectivity index (χ4v) is 4.21. The number of ether oxygens (including phenoxy) is 1. The molecule has 0 saturated heterocycles. The first kappa shape index (κ1) is 24.3. The van der Waals surface area contributed by atoms with Gasteiger partial charge in [0.25, 0.3) is 0 Å². The number of carbonyl (C=O) groups is 3. The number of hydrogen-bond donors (Lipinski definition) is 3. The number of amides is 2. The summed E-state index contributed by atoms with van der Waals surface area (Å²) in [5.74, 6) is -1.12. The number of alkyl carbamates (subject to hydrolysis) is 1. The van der Waals surface area contributed by atoms with Crippen LogP contribution in [0.2, 0.25) is 0 Å². The lowest BCUT2D eigenvalue weighted by Gasteiger charge is -2.16. The molecule has 2 amide bonds. The lowest BCUT2D eigenvalue weighted by atomic mass is 9.98. The van der Waals surface area contributed by atoms with Crippen molar-refractivity contribution in [1.82, 2.24) is 10.6 Å². The Bertz CT molecular complexity index is 943. The van der Waals surface area contributed by atoms with E-state index >= 15 is 0 Å². The van der Waals surface area contributed by atoms with E-state index in [9.17, 15) is 19.5 Å². The third-order valence-electron chi connectivity index (χ3n) is 5.78. The van der Waals surface area contributed by atoms with Gasteiger partial charge in [-0.2, -0.15) is 0 Å². The topological polar surface area (TPSA) is 105 Å². The number of nitrogens with one attached hydrogen (secondary N) is 2. The monoisotopic (exact) mass is 452 g/mol. The molecule has 0 heterocycles. The van der Waals surface area contributed by atoms with Gasteiger partial charge in [-0.25, -0.2) is 9.59 Å². The quantitative estimate of drug-likeness (QED) is 0.441. The number of unbranched alkanes of at least 4 members (excludes halogenated alkanes) is 1. The van der Waals surface area contributed by atoms with Crippen LogP contribution < -0.4 is 10.6 Å². The van der Waals surface area contributed by atoms with Crippen molar-refractivity contribution in [3.8, 4) is 11.1 Å². The Hall–Kier alpha value is -3.35. The van der Waals surface area contributed by atoms with Gasteiger partial charge in [0.15, 0.2) is 0 Å². The summed E-state index contributed by atoms with van der Waals surface area (Å²) < 4.78 is 5.49. The molecule has 3 rings (SSSR count). The summed E-state index contributed by atoms with van der Waals surface area (Å²) >= 11 is 0. The highest BCUT2D eigenvalue weighted by Crippen LogP contribution is 2.44. The predicted molar refractivity (Wildman–Crippen MR) is 126 cm³/mol. The van der Waals surface area contributed by atoms with E-state index in [1.54, 1.807) is 0 Å². The fraction of sp³-hybridized carbons (Fsp3) is 0.423. The van der Waals surface area contributed by atoms with E-state index in [0.717, 1.165) is 11.1 Å². The molecule has 1 aliphatic rings. The summed E-state index contributed by atoms with van der Waals surface area (Å²) in [5, 5.41) is 14.5. The minimum atomic E-state index is -1.02. The molecule has 1 aliphatic carbocycles. The first-order chi connectivity index (χ1) is 15.9. The van der Waals surface area contributed by atoms with E-state index in [1.807, 2.05) is 38.1 Å². The van der Waals surface area contributed by atoms with Crippen molar-refractivity contribution in [2.24, 2.45) is 5.92 Å². The number of carbonyl (C=O) groups excluding carboxylic acids is 2. The second kappa shape index (κ2) is 11.5. The van der Waals surface area contributed by atoms with Crippen molar-refractivity contribution in [2.75, 3.05) is 13.2 Å². The van der Waals surface area contributed by atoms with Crippen molar-refractivity contribution in [2.45, 2.75) is 51.5 Å². The Morgan fingerprint density at radius 1 is 0.970 bits per heavy atom. The molecule has 7 heteroatoms. The maximum atomic E-state index is 12.2. The lowest BCUT2D eigenvalue weighted by molar-refractivity contribution is -0.142. The van der Waals surface area contributed by atoms with Crippen LogP contribution in [0.3, 0.4) is 0 Å². The van der Waals surface area contributed by atoms with E-state index in [4.69, 9.17) is 4.74 Å². The smallest absolute Gasteiger partial charge is 0.407 e. The number of carboxylic acid groups (broad SMARTS) is 1. The van der Waals surface area contributed by atoms with E-state index in [2.05, 4.69) is 34.9 Å². The number of benzene rings is 2. The molecule has 0 spiro atoms. The van der Waals surface area contributed by atoms with Gasteiger partial charge in [0, 0.05) is 18.9 Å². The van der Waals surface area contributed by atoms with Crippen molar-refractivity contribution in [3.05, 3.63) is 59.7 Å². The highest BCUT2D eigenvalue weighted by Gasteiger charge is 2.29. The molecule has 33 heavy (non-hydrogen) atoms. The number of carboxylic acids is 1. The zero-order valence-corrected chi connectivity index (χ0v) is 19.2. The molecule has 0 unspecified atom stereocenters. The van der Waals surface area contributed by atoms with Crippen LogP contribution in [0.4, 0.5) is 4.79 Å². The zero-order valence-electron chi connectivity index (χ0n) is 19.2. The Labute approximate surface area is 194 Å². The maximum absolute atomic E-state index is 12.2. The van der Waals surface area contributed by atoms with Crippen LogP contribution in [0.1, 0.15) is 56.6 Å². The predicted octanol–water partition coefficient (Wildman–Crippen LogP) is 4.31. The molecule has 0 fully saturated rings. The molecular formula is C26H32N2O5. The highest BCUT2D eigenvalue weighted by molar-refractivity contribution is 5.83. The summed E-state index contributed by atoms with van der Waals surface area (Å²) in [6, 6.07) is 15.5. The number of aliphatic carboxylic acids is 1. The fourth-order valence-electron chi connectivity index (χ4n) is 4.21. The average Bonchev–Trinajstić information content (AvgIpc) is 3.10. The van der Waals surface area contributed by atoms with E-state index in [-0.39, 0.29) is 30.8 Å². The van der Waals surface area contributed by atoms with Crippen LogP contribution in [0.15, 0.2) is 48.5 Å². The summed E-state index contributed by atoms with van der Waals surface area (Å²) in [6.07, 6.45) is 1.27. The van der Waals surface area contributed by atoms with Crippen molar-refractivity contribution < 1.29 is 24.2 Å². The van der Waals surface area contributed by atoms with Crippen LogP contribution in [0, 0.1) is 5.92 Å². The standard InChI is InChI=1S/C26H32N2O5/c1-17(2)15-23(25(30)31)28-24(29)13-7-8-14-27-26(32)33-16-22-20-11-5-3-9-18(20)19-10-4-6-12-21(19)22/h3-6,9-12,17,22-23H,7-8,13-16H2,1-2H3,(H,27,32)(H,28,29)(H,30,31)/t23-/m0/s1. The number of rotatable bonds is 11. The van der Waals surface area contributed by atoms with Crippen LogP contribution in [-0.2, 0) is 14.3 Å². The molecule has 0 bridgehead atoms. The van der Waals surface area contributed by atoms with Crippen molar-refractivity contribution >= 4 is 18.0 Å². The molecule has 0 aliphatic heterocycles. The van der Waals surface area contributed by atoms with Crippen molar-refractivity contribution in [1.29, 1.82) is 0 Å². The van der Waals surface area contributed by atoms with Gasteiger partial charge in [-0.05, 0) is 47.4 Å². The zero-order chi connectivity index (χ0) is 23.8. The third kappa shape index (κ3) is 6.57. The van der Waals surface area contributed by atoms with Gasteiger partial charge >= 0.3 is 12.1 Å². The summed E-state index contributed by atoms with van der Waals surface area (Å²) in [7, 11) is 0. The molecule has 3 N–H and O–H groups in total. The first-order valence-electron chi connectivity index (χ1n) is 11.5. The normalized spacial score (nSPS) is 13.2. The maximum Gasteiger partial charge on any atom is 0.407 e. The van der Waals surface area contributed by atoms with Gasteiger partial charge in [0.2, 0.25) is 5.91 Å². The van der Waals surface area contributed by atoms with E-state index in [1.165, 1.54) is 11.1 Å². The minimum Gasteiger partial charge on any atom is -0.480 e. The molecular weight excluding hydrogens is 420 g/mol. The second-order valence-electron chi connectivity index (χ2n) is 8.80. The van der Waals surface area contributed by atoms with Crippen LogP contribution in [0.5, 0.6) is 0 Å². The van der Waals surface area contributed by atoms with Crippen molar-refractivity contribution in [3.63, 3.8) is 0 Å². The highest BCUT2D eigenvalue weighted by atomic mass is 16.5. The largest absolute Gasteiger partial charge is 0.480 e. The summed E-state index contributed by atoms with van der Waals surface area (Å²) in [5.41, 5.74) is 4.68. The Morgan fingerprint density at radius 2 is 1.58 bits per heavy atom. The number of fused-ring (bicyclic) bond motifs is 3. The van der Waals surface area contributed by atoms with Gasteiger partial charge < -0.3 is 20.5 Å². The van der Waals surface area contributed by atoms with Crippen LogP contribution >= 0.6 is 0 Å². The SMILES string of the molecule is CC(C)C[C@H](NC(=O)CCCCNC(=O)OCC1c2ccccc2-c2ccccc21)C(=O)O. The van der Waals surface area contributed by atoms with Crippen LogP contribution in [0.25, 0.3) is 11.1 Å². The molecule has 1 atom stereocenters. The molecule has 0 aromatic heterocycles. The van der Waals surface area contributed by atoms with Gasteiger partial charge in [-0.3, -0.25) is 4.79 Å². The van der Waals surface area contributed by atoms with Crippen LogP contribution in [-0.4, -0.2) is 42.3 Å². The molecule has 0 radical (unpaired) electrons.